The molecule has 0 aromatic heterocycles. The fraction of sp³-hybridized carbons (Fsp3) is 0. The van der Waals surface area contributed by atoms with Crippen LogP contribution in [0, 0.1) is 10.1 Å². The molecule has 0 radical (unpaired) electrons. The molecule has 26 valence electrons. The second-order valence-electron chi connectivity index (χ2n) is 0.0745. The van der Waals surface area contributed by atoms with Gasteiger partial charge < -0.3 is 22.5 Å². The zero-order chi connectivity index (χ0) is 2.71. The van der Waals surface area contributed by atoms with Crippen LogP contribution < -0.4 is 42.0 Å². The number of rotatable bonds is 0. The molecule has 0 heterocycles. The maximum absolute atomic E-state index is 8.00. The Bertz CT molecular complexity index is 17.1. The number of hydrogen-bond donors (Lipinski definition) is 0. The third kappa shape index (κ3) is 71.3. The molecular weight excluding hydrogens is 104 g/mol. The number of halogens is 1. The third-order valence-electron chi connectivity index (χ3n) is 0. The Labute approximate surface area is 57.4 Å². The van der Waals surface area contributed by atoms with Crippen molar-refractivity contribution < 1.29 is 42.0 Å². The fourth-order valence-electron chi connectivity index (χ4n) is 0. The standard InChI is InChI=1S/ClH.HNO2.Na/c;2-1-3;/h1H;(H,2,3);/q;;+1/p-2. The Morgan fingerprint density at radius 3 is 1.60 bits per heavy atom. The number of nitrogens with zero attached hydrogens (tertiary/aromatic N) is 1. The van der Waals surface area contributed by atoms with Crippen molar-refractivity contribution in [3.8, 4) is 0 Å². The summed E-state index contributed by atoms with van der Waals surface area (Å²) in [5.41, 5.74) is 0. The van der Waals surface area contributed by atoms with Gasteiger partial charge >= 0.3 is 29.6 Å². The molecule has 0 aliphatic rings. The summed E-state index contributed by atoms with van der Waals surface area (Å²) >= 11 is 0. The van der Waals surface area contributed by atoms with Crippen molar-refractivity contribution in [2.24, 2.45) is 5.34 Å². The Morgan fingerprint density at radius 1 is 1.60 bits per heavy atom. The molecule has 0 rings (SSSR count). The van der Waals surface area contributed by atoms with E-state index in [9.17, 15) is 0 Å². The first kappa shape index (κ1) is 17.3. The van der Waals surface area contributed by atoms with E-state index in [1.54, 1.807) is 0 Å². The summed E-state index contributed by atoms with van der Waals surface area (Å²) in [5.74, 6) is 0. The van der Waals surface area contributed by atoms with Gasteiger partial charge in [-0.05, 0) is 0 Å². The van der Waals surface area contributed by atoms with Crippen molar-refractivity contribution in [3.63, 3.8) is 0 Å². The zero-order valence-electron chi connectivity index (χ0n) is 2.64. The van der Waals surface area contributed by atoms with Crippen LogP contribution in [0.1, 0.15) is 0 Å². The molecule has 0 spiro atoms. The van der Waals surface area contributed by atoms with Crippen LogP contribution in [0.5, 0.6) is 0 Å². The molecule has 0 atom stereocenters. The SMILES string of the molecule is O=N[O-].[Cl-].[Na+]. The molecule has 0 saturated carbocycles. The van der Waals surface area contributed by atoms with Gasteiger partial charge in [-0.3, -0.25) is 0 Å². The molecule has 0 aliphatic heterocycles. The number of hydrogen-bond acceptors (Lipinski definition) is 3. The summed E-state index contributed by atoms with van der Waals surface area (Å²) in [6.45, 7) is 0. The van der Waals surface area contributed by atoms with Gasteiger partial charge in [-0.1, -0.05) is 0 Å². The van der Waals surface area contributed by atoms with Crippen molar-refractivity contribution in [2.45, 2.75) is 0 Å². The molecule has 0 bridgehead atoms. The van der Waals surface area contributed by atoms with Crippen LogP contribution >= 0.6 is 0 Å². The van der Waals surface area contributed by atoms with Gasteiger partial charge in [-0.15, -0.1) is 5.34 Å². The smallest absolute Gasteiger partial charge is 1.00 e. The summed E-state index contributed by atoms with van der Waals surface area (Å²) in [7, 11) is 0. The topological polar surface area (TPSA) is 52.5 Å². The largest absolute Gasteiger partial charge is 1.00 e. The average molecular weight is 104 g/mol. The van der Waals surface area contributed by atoms with Gasteiger partial charge in [-0.2, -0.15) is 0 Å². The fourth-order valence-corrected chi connectivity index (χ4v) is 0. The first-order valence-electron chi connectivity index (χ1n) is 0.365. The van der Waals surface area contributed by atoms with Gasteiger partial charge in [0.25, 0.3) is 0 Å². The second kappa shape index (κ2) is 22.4. The van der Waals surface area contributed by atoms with Crippen LogP contribution in [0.4, 0.5) is 0 Å². The van der Waals surface area contributed by atoms with E-state index < -0.39 is 0 Å². The molecule has 0 amide bonds. The van der Waals surface area contributed by atoms with Crippen LogP contribution in [0.2, 0.25) is 0 Å². The third-order valence-corrected chi connectivity index (χ3v) is 0. The average Bonchev–Trinajstić information content (AvgIpc) is 0.918. The van der Waals surface area contributed by atoms with Crippen molar-refractivity contribution in [1.82, 2.24) is 0 Å². The Morgan fingerprint density at radius 2 is 1.60 bits per heavy atom. The van der Waals surface area contributed by atoms with E-state index in [4.69, 9.17) is 10.1 Å². The summed E-state index contributed by atoms with van der Waals surface area (Å²) in [6.07, 6.45) is 0. The van der Waals surface area contributed by atoms with E-state index in [-0.39, 0.29) is 42.0 Å². The van der Waals surface area contributed by atoms with Gasteiger partial charge in [-0.25, -0.2) is 0 Å². The maximum Gasteiger partial charge on any atom is 1.00 e. The predicted molar refractivity (Wildman–Crippen MR) is 9.16 cm³/mol. The molecular formula is ClNNaO2-. The minimum absolute atomic E-state index is 0. The van der Waals surface area contributed by atoms with E-state index >= 15 is 0 Å². The van der Waals surface area contributed by atoms with Gasteiger partial charge in [0.15, 0.2) is 0 Å². The van der Waals surface area contributed by atoms with Crippen LogP contribution in [0.15, 0.2) is 5.34 Å². The van der Waals surface area contributed by atoms with Crippen LogP contribution in [0.25, 0.3) is 0 Å². The second-order valence-corrected chi connectivity index (χ2v) is 0.0745. The monoisotopic (exact) mass is 104 g/mol. The van der Waals surface area contributed by atoms with Gasteiger partial charge in [0.1, 0.15) is 0 Å². The minimum atomic E-state index is 0. The summed E-state index contributed by atoms with van der Waals surface area (Å²) < 4.78 is 0. The Kier molecular flexibility index (Phi) is 77.3. The Balaban J connectivity index is -0.0000000200. The van der Waals surface area contributed by atoms with E-state index in [0.29, 0.717) is 0 Å². The normalized spacial score (nSPS) is 2.40. The first-order chi connectivity index (χ1) is 1.41. The molecule has 0 unspecified atom stereocenters. The maximum atomic E-state index is 8.00. The van der Waals surface area contributed by atoms with Crippen molar-refractivity contribution in [3.05, 3.63) is 10.1 Å². The molecule has 0 aromatic carbocycles. The van der Waals surface area contributed by atoms with Crippen LogP contribution in [-0.4, -0.2) is 0 Å². The quantitative estimate of drug-likeness (QED) is 0.175. The summed E-state index contributed by atoms with van der Waals surface area (Å²) in [6, 6.07) is 0. The summed E-state index contributed by atoms with van der Waals surface area (Å²) in [4.78, 5) is 8.00. The molecule has 3 nitrogen and oxygen atoms in total. The van der Waals surface area contributed by atoms with E-state index in [1.807, 2.05) is 0 Å². The minimum Gasteiger partial charge on any atom is -1.00 e. The molecule has 5 heteroatoms. The zero-order valence-corrected chi connectivity index (χ0v) is 5.40. The van der Waals surface area contributed by atoms with Gasteiger partial charge in [0, 0.05) is 0 Å². The van der Waals surface area contributed by atoms with Gasteiger partial charge in [0.2, 0.25) is 0 Å². The molecule has 0 aliphatic carbocycles. The first-order valence-corrected chi connectivity index (χ1v) is 0.365. The van der Waals surface area contributed by atoms with Crippen molar-refractivity contribution >= 4 is 0 Å². The van der Waals surface area contributed by atoms with E-state index in [0.717, 1.165) is 5.34 Å². The Hall–Kier alpha value is 0.690. The molecule has 0 N–H and O–H groups in total. The van der Waals surface area contributed by atoms with Crippen molar-refractivity contribution in [1.29, 1.82) is 0 Å². The molecule has 0 fully saturated rings. The summed E-state index contributed by atoms with van der Waals surface area (Å²) in [5, 5.41) is 9.00. The van der Waals surface area contributed by atoms with E-state index in [1.165, 1.54) is 0 Å². The molecule has 0 saturated heterocycles. The predicted octanol–water partition coefficient (Wildman–Crippen LogP) is -5.74. The molecule has 0 aromatic rings. The van der Waals surface area contributed by atoms with E-state index in [2.05, 4.69) is 0 Å². The van der Waals surface area contributed by atoms with Crippen LogP contribution in [-0.2, 0) is 0 Å². The van der Waals surface area contributed by atoms with Gasteiger partial charge in [0.05, 0.1) is 0 Å². The molecule has 5 heavy (non-hydrogen) atoms. The van der Waals surface area contributed by atoms with Crippen molar-refractivity contribution in [2.75, 3.05) is 0 Å². The van der Waals surface area contributed by atoms with Crippen LogP contribution in [0.3, 0.4) is 0 Å².